The number of ether oxygens (including phenoxy) is 2. The lowest BCUT2D eigenvalue weighted by Gasteiger charge is -2.06. The van der Waals surface area contributed by atoms with Crippen molar-refractivity contribution in [3.8, 4) is 12.0 Å². The van der Waals surface area contributed by atoms with Crippen LogP contribution in [0.25, 0.3) is 0 Å². The van der Waals surface area contributed by atoms with E-state index in [-0.39, 0.29) is 17.6 Å². The first-order valence-corrected chi connectivity index (χ1v) is 7.19. The Morgan fingerprint density at radius 3 is 2.33 bits per heavy atom. The van der Waals surface area contributed by atoms with E-state index in [4.69, 9.17) is 14.6 Å². The van der Waals surface area contributed by atoms with Crippen molar-refractivity contribution >= 4 is 33.7 Å². The normalized spacial score (nSPS) is 10.2. The van der Waals surface area contributed by atoms with Crippen LogP contribution in [0.2, 0.25) is 0 Å². The molecule has 0 saturated carbocycles. The van der Waals surface area contributed by atoms with Crippen LogP contribution in [0.1, 0.15) is 10.4 Å². The Morgan fingerprint density at radius 1 is 1.19 bits per heavy atom. The fraction of sp³-hybridized carbons (Fsp3) is 0.167. The summed E-state index contributed by atoms with van der Waals surface area (Å²) in [6.45, 7) is 0. The van der Waals surface area contributed by atoms with E-state index in [0.29, 0.717) is 14.5 Å². The summed E-state index contributed by atoms with van der Waals surface area (Å²) in [6.07, 6.45) is 0. The van der Waals surface area contributed by atoms with Crippen LogP contribution in [0.4, 0.5) is 0 Å². The van der Waals surface area contributed by atoms with E-state index in [2.05, 4.69) is 30.9 Å². The molecule has 0 unspecified atom stereocenters. The van der Waals surface area contributed by atoms with Crippen molar-refractivity contribution < 1.29 is 19.4 Å². The second kappa shape index (κ2) is 6.72. The molecule has 1 aromatic carbocycles. The summed E-state index contributed by atoms with van der Waals surface area (Å²) in [5.41, 5.74) is 0.160. The Morgan fingerprint density at radius 2 is 1.81 bits per heavy atom. The molecule has 110 valence electrons. The Kier molecular flexibility index (Phi) is 4.97. The Labute approximate surface area is 132 Å². The fourth-order valence-electron chi connectivity index (χ4n) is 1.39. The third kappa shape index (κ3) is 3.82. The number of rotatable bonds is 5. The maximum atomic E-state index is 11.1. The highest BCUT2D eigenvalue weighted by Gasteiger charge is 2.12. The third-order valence-corrected chi connectivity index (χ3v) is 3.86. The number of methoxy groups -OCH3 is 2. The Bertz CT molecular complexity index is 661. The summed E-state index contributed by atoms with van der Waals surface area (Å²) in [4.78, 5) is 23.8. The first-order valence-electron chi connectivity index (χ1n) is 5.58. The van der Waals surface area contributed by atoms with Gasteiger partial charge in [0.15, 0.2) is 0 Å². The lowest BCUT2D eigenvalue weighted by molar-refractivity contribution is 0.0695. The smallest absolute Gasteiger partial charge is 0.336 e. The molecule has 7 nitrogen and oxygen atoms in total. The van der Waals surface area contributed by atoms with Gasteiger partial charge in [-0.05, 0) is 45.9 Å². The first-order chi connectivity index (χ1) is 10.0. The molecule has 0 bridgehead atoms. The molecule has 0 fully saturated rings. The summed E-state index contributed by atoms with van der Waals surface area (Å²) in [5.74, 6) is -1.02. The van der Waals surface area contributed by atoms with Crippen LogP contribution in [-0.2, 0) is 0 Å². The highest BCUT2D eigenvalue weighted by molar-refractivity contribution is 9.10. The average Bonchev–Trinajstić information content (AvgIpc) is 2.48. The summed E-state index contributed by atoms with van der Waals surface area (Å²) in [6, 6.07) is 5.19. The van der Waals surface area contributed by atoms with Gasteiger partial charge in [-0.3, -0.25) is 0 Å². The van der Waals surface area contributed by atoms with E-state index in [1.807, 2.05) is 0 Å². The van der Waals surface area contributed by atoms with Gasteiger partial charge in [-0.15, -0.1) is 4.98 Å². The van der Waals surface area contributed by atoms with Crippen molar-refractivity contribution in [3.05, 3.63) is 28.2 Å². The molecule has 0 amide bonds. The van der Waals surface area contributed by atoms with Gasteiger partial charge >= 0.3 is 18.0 Å². The number of aromatic carboxylic acids is 1. The van der Waals surface area contributed by atoms with Gasteiger partial charge in [0.25, 0.3) is 0 Å². The van der Waals surface area contributed by atoms with Crippen molar-refractivity contribution in [2.45, 2.75) is 10.1 Å². The minimum atomic E-state index is -1.02. The first kappa shape index (κ1) is 15.5. The minimum absolute atomic E-state index is 0.125. The van der Waals surface area contributed by atoms with Crippen LogP contribution in [0.5, 0.6) is 12.0 Å². The van der Waals surface area contributed by atoms with E-state index in [1.165, 1.54) is 32.0 Å². The molecule has 0 aliphatic rings. The molecule has 1 aromatic heterocycles. The number of hydrogen-bond acceptors (Lipinski definition) is 7. The van der Waals surface area contributed by atoms with Crippen molar-refractivity contribution in [1.82, 2.24) is 15.0 Å². The molecule has 21 heavy (non-hydrogen) atoms. The molecular formula is C12H10BrN3O4S. The second-order valence-corrected chi connectivity index (χ2v) is 5.54. The quantitative estimate of drug-likeness (QED) is 0.856. The number of carbonyl (C=O) groups is 1. The molecule has 1 N–H and O–H groups in total. The number of benzene rings is 1. The maximum absolute atomic E-state index is 11.1. The van der Waals surface area contributed by atoms with Gasteiger partial charge in [0.05, 0.1) is 19.8 Å². The van der Waals surface area contributed by atoms with E-state index < -0.39 is 5.97 Å². The predicted molar refractivity (Wildman–Crippen MR) is 78.2 cm³/mol. The Balaban J connectivity index is 2.33. The largest absolute Gasteiger partial charge is 0.478 e. The van der Waals surface area contributed by atoms with E-state index >= 15 is 0 Å². The molecule has 1 heterocycles. The van der Waals surface area contributed by atoms with Gasteiger partial charge in [-0.2, -0.15) is 9.97 Å². The fourth-order valence-corrected chi connectivity index (χ4v) is 2.57. The minimum Gasteiger partial charge on any atom is -0.478 e. The summed E-state index contributed by atoms with van der Waals surface area (Å²) in [5, 5.41) is 9.44. The Hall–Kier alpha value is -1.87. The van der Waals surface area contributed by atoms with E-state index in [9.17, 15) is 4.79 Å². The van der Waals surface area contributed by atoms with Gasteiger partial charge in [-0.25, -0.2) is 4.79 Å². The molecule has 0 atom stereocenters. The molecule has 0 spiro atoms. The van der Waals surface area contributed by atoms with Crippen LogP contribution in [-0.4, -0.2) is 40.2 Å². The van der Waals surface area contributed by atoms with Crippen LogP contribution < -0.4 is 9.47 Å². The zero-order valence-corrected chi connectivity index (χ0v) is 13.4. The third-order valence-electron chi connectivity index (χ3n) is 2.32. The highest BCUT2D eigenvalue weighted by atomic mass is 79.9. The zero-order chi connectivity index (χ0) is 15.4. The molecule has 0 saturated heterocycles. The molecule has 9 heteroatoms. The molecule has 2 aromatic rings. The van der Waals surface area contributed by atoms with Crippen LogP contribution in [0, 0.1) is 0 Å². The predicted octanol–water partition coefficient (Wildman–Crippen LogP) is 2.50. The van der Waals surface area contributed by atoms with Crippen molar-refractivity contribution in [2.24, 2.45) is 0 Å². The second-order valence-electron chi connectivity index (χ2n) is 3.64. The molecular weight excluding hydrogens is 362 g/mol. The lowest BCUT2D eigenvalue weighted by atomic mass is 10.2. The molecule has 0 aliphatic heterocycles. The van der Waals surface area contributed by atoms with Gasteiger partial charge in [-0.1, -0.05) is 0 Å². The SMILES string of the molecule is COc1nc(OC)nc(Sc2ccc(Br)c(C(=O)O)c2)n1. The number of nitrogens with zero attached hydrogens (tertiary/aromatic N) is 3. The molecule has 0 radical (unpaired) electrons. The number of carboxylic acid groups (broad SMARTS) is 1. The number of carboxylic acids is 1. The van der Waals surface area contributed by atoms with Crippen molar-refractivity contribution in [2.75, 3.05) is 14.2 Å². The zero-order valence-electron chi connectivity index (χ0n) is 11.0. The summed E-state index contributed by atoms with van der Waals surface area (Å²) < 4.78 is 10.4. The van der Waals surface area contributed by atoms with Gasteiger partial charge < -0.3 is 14.6 Å². The van der Waals surface area contributed by atoms with Crippen molar-refractivity contribution in [1.29, 1.82) is 0 Å². The van der Waals surface area contributed by atoms with Crippen LogP contribution in [0.3, 0.4) is 0 Å². The monoisotopic (exact) mass is 371 g/mol. The average molecular weight is 372 g/mol. The van der Waals surface area contributed by atoms with E-state index in [1.54, 1.807) is 12.1 Å². The van der Waals surface area contributed by atoms with Gasteiger partial charge in [0.2, 0.25) is 5.16 Å². The molecule has 0 aliphatic carbocycles. The summed E-state index contributed by atoms with van der Waals surface area (Å²) >= 11 is 4.37. The standard InChI is InChI=1S/C12H10BrN3O4S/c1-19-10-14-11(20-2)16-12(15-10)21-6-3-4-8(13)7(5-6)9(17)18/h3-5H,1-2H3,(H,17,18). The van der Waals surface area contributed by atoms with Crippen molar-refractivity contribution in [3.63, 3.8) is 0 Å². The van der Waals surface area contributed by atoms with Gasteiger partial charge in [0.1, 0.15) is 0 Å². The number of hydrogen-bond donors (Lipinski definition) is 1. The number of aromatic nitrogens is 3. The van der Waals surface area contributed by atoms with E-state index in [0.717, 1.165) is 0 Å². The topological polar surface area (TPSA) is 94.4 Å². The van der Waals surface area contributed by atoms with Crippen LogP contribution in [0.15, 0.2) is 32.7 Å². The lowest BCUT2D eigenvalue weighted by Crippen LogP contribution is -2.00. The molecule has 2 rings (SSSR count). The van der Waals surface area contributed by atoms with Gasteiger partial charge in [0, 0.05) is 9.37 Å². The number of halogens is 1. The maximum Gasteiger partial charge on any atom is 0.336 e. The highest BCUT2D eigenvalue weighted by Crippen LogP contribution is 2.30. The van der Waals surface area contributed by atoms with Crippen LogP contribution >= 0.6 is 27.7 Å². The summed E-state index contributed by atoms with van der Waals surface area (Å²) in [7, 11) is 2.87.